The van der Waals surface area contributed by atoms with Gasteiger partial charge in [0.05, 0.1) is 11.3 Å². The fourth-order valence-electron chi connectivity index (χ4n) is 1.50. The Hall–Kier alpha value is -0.960. The van der Waals surface area contributed by atoms with Crippen LogP contribution in [0.2, 0.25) is 5.15 Å². The van der Waals surface area contributed by atoms with E-state index in [-0.39, 0.29) is 16.7 Å². The number of hydrogen-bond donors (Lipinski definition) is 0. The van der Waals surface area contributed by atoms with E-state index in [0.717, 1.165) is 9.88 Å². The molecule has 6 nitrogen and oxygen atoms in total. The fourth-order valence-corrected chi connectivity index (χ4v) is 3.95. The number of thiazole rings is 1. The van der Waals surface area contributed by atoms with Crippen LogP contribution < -0.4 is 0 Å². The lowest BCUT2D eigenvalue weighted by Gasteiger charge is -2.14. The molecule has 0 atom stereocenters. The Morgan fingerprint density at radius 3 is 2.63 bits per heavy atom. The maximum atomic E-state index is 12.3. The normalized spacial score (nSPS) is 12.3. The van der Waals surface area contributed by atoms with E-state index < -0.39 is 10.0 Å². The van der Waals surface area contributed by atoms with Gasteiger partial charge in [0.25, 0.3) is 10.0 Å². The first-order chi connectivity index (χ1) is 8.82. The minimum absolute atomic E-state index is 0.104. The number of nitrogens with zero attached hydrogens (tertiary/aromatic N) is 4. The third-order valence-corrected chi connectivity index (χ3v) is 5.73. The molecule has 0 radical (unpaired) electrons. The SMILES string of the molecule is Cc1ncc(CN(C)S(=O)(=O)c2ncn(C)c2Cl)s1. The van der Waals surface area contributed by atoms with Gasteiger partial charge in [0.1, 0.15) is 5.15 Å². The van der Waals surface area contributed by atoms with E-state index in [0.29, 0.717) is 0 Å². The van der Waals surface area contributed by atoms with Crippen molar-refractivity contribution in [3.8, 4) is 0 Å². The molecule has 0 aliphatic heterocycles. The Bertz CT molecular complexity index is 692. The molecule has 2 heterocycles. The molecule has 0 N–H and O–H groups in total. The third-order valence-electron chi connectivity index (χ3n) is 2.54. The average Bonchev–Trinajstić information content (AvgIpc) is 2.87. The Balaban J connectivity index is 2.27. The van der Waals surface area contributed by atoms with Gasteiger partial charge in [-0.2, -0.15) is 4.31 Å². The Morgan fingerprint density at radius 1 is 1.47 bits per heavy atom. The summed E-state index contributed by atoms with van der Waals surface area (Å²) in [7, 11) is -0.554. The predicted molar refractivity (Wildman–Crippen MR) is 73.7 cm³/mol. The van der Waals surface area contributed by atoms with Crippen LogP contribution in [-0.4, -0.2) is 34.3 Å². The molecular formula is C10H13ClN4O2S2. The van der Waals surface area contributed by atoms with Crippen molar-refractivity contribution in [3.63, 3.8) is 0 Å². The number of rotatable bonds is 4. The van der Waals surface area contributed by atoms with Crippen LogP contribution in [0.4, 0.5) is 0 Å². The van der Waals surface area contributed by atoms with Crippen LogP contribution >= 0.6 is 22.9 Å². The summed E-state index contributed by atoms with van der Waals surface area (Å²) >= 11 is 7.39. The number of hydrogen-bond acceptors (Lipinski definition) is 5. The smallest absolute Gasteiger partial charge is 0.263 e. The van der Waals surface area contributed by atoms with Gasteiger partial charge in [-0.3, -0.25) is 0 Å². The molecule has 0 aliphatic carbocycles. The van der Waals surface area contributed by atoms with Crippen molar-refractivity contribution in [1.82, 2.24) is 18.8 Å². The first-order valence-corrected chi connectivity index (χ1v) is 8.00. The zero-order chi connectivity index (χ0) is 14.2. The summed E-state index contributed by atoms with van der Waals surface area (Å²) in [6.07, 6.45) is 3.05. The maximum Gasteiger partial charge on any atom is 0.263 e. The van der Waals surface area contributed by atoms with Gasteiger partial charge in [-0.05, 0) is 6.92 Å². The highest BCUT2D eigenvalue weighted by Gasteiger charge is 2.27. The van der Waals surface area contributed by atoms with Crippen molar-refractivity contribution in [2.24, 2.45) is 7.05 Å². The second-order valence-electron chi connectivity index (χ2n) is 4.06. The second kappa shape index (κ2) is 5.20. The molecule has 104 valence electrons. The zero-order valence-corrected chi connectivity index (χ0v) is 13.1. The van der Waals surface area contributed by atoms with Gasteiger partial charge in [-0.25, -0.2) is 18.4 Å². The second-order valence-corrected chi connectivity index (χ2v) is 7.70. The topological polar surface area (TPSA) is 68.1 Å². The molecule has 2 aromatic heterocycles. The molecule has 2 rings (SSSR count). The van der Waals surface area contributed by atoms with E-state index in [1.54, 1.807) is 13.2 Å². The standard InChI is InChI=1S/C10H13ClN4O2S2/c1-7-12-4-8(18-7)5-15(3)19(16,17)10-9(11)14(2)6-13-10/h4,6H,5H2,1-3H3. The van der Waals surface area contributed by atoms with E-state index in [1.807, 2.05) is 6.92 Å². The van der Waals surface area contributed by atoms with Crippen molar-refractivity contribution >= 4 is 33.0 Å². The molecule has 0 bridgehead atoms. The Morgan fingerprint density at radius 2 is 2.16 bits per heavy atom. The highest BCUT2D eigenvalue weighted by Crippen LogP contribution is 2.23. The number of imidazole rings is 1. The van der Waals surface area contributed by atoms with Crippen LogP contribution in [0, 0.1) is 6.92 Å². The van der Waals surface area contributed by atoms with E-state index in [9.17, 15) is 8.42 Å². The Kier molecular flexibility index (Phi) is 3.95. The van der Waals surface area contributed by atoms with Crippen molar-refractivity contribution < 1.29 is 8.42 Å². The van der Waals surface area contributed by atoms with Crippen molar-refractivity contribution in [2.75, 3.05) is 7.05 Å². The molecule has 0 unspecified atom stereocenters. The summed E-state index contributed by atoms with van der Waals surface area (Å²) in [4.78, 5) is 8.81. The minimum Gasteiger partial charge on any atom is -0.324 e. The molecule has 0 saturated carbocycles. The average molecular weight is 321 g/mol. The fraction of sp³-hybridized carbons (Fsp3) is 0.400. The highest BCUT2D eigenvalue weighted by molar-refractivity contribution is 7.89. The van der Waals surface area contributed by atoms with Crippen molar-refractivity contribution in [1.29, 1.82) is 0 Å². The first kappa shape index (κ1) is 14.4. The van der Waals surface area contributed by atoms with Crippen molar-refractivity contribution in [2.45, 2.75) is 18.5 Å². The van der Waals surface area contributed by atoms with E-state index >= 15 is 0 Å². The molecule has 9 heteroatoms. The molecule has 0 spiro atoms. The van der Waals surface area contributed by atoms with Crippen LogP contribution in [0.15, 0.2) is 17.6 Å². The summed E-state index contributed by atoms with van der Waals surface area (Å²) in [6, 6.07) is 0. The van der Waals surface area contributed by atoms with Crippen LogP contribution in [0.1, 0.15) is 9.88 Å². The lowest BCUT2D eigenvalue weighted by molar-refractivity contribution is 0.467. The monoisotopic (exact) mass is 320 g/mol. The summed E-state index contributed by atoms with van der Waals surface area (Å²) in [5.74, 6) is 0. The minimum atomic E-state index is -3.69. The van der Waals surface area contributed by atoms with E-state index in [4.69, 9.17) is 11.6 Å². The lowest BCUT2D eigenvalue weighted by Crippen LogP contribution is -2.26. The summed E-state index contributed by atoms with van der Waals surface area (Å²) in [5.41, 5.74) is 0. The quantitative estimate of drug-likeness (QED) is 0.859. The van der Waals surface area contributed by atoms with Crippen LogP contribution in [0.25, 0.3) is 0 Å². The molecule has 2 aromatic rings. The van der Waals surface area contributed by atoms with Gasteiger partial charge in [0.2, 0.25) is 5.03 Å². The number of sulfonamides is 1. The highest BCUT2D eigenvalue weighted by atomic mass is 35.5. The largest absolute Gasteiger partial charge is 0.324 e. The summed E-state index contributed by atoms with van der Waals surface area (Å²) in [6.45, 7) is 2.12. The molecule has 19 heavy (non-hydrogen) atoms. The molecule has 0 aliphatic rings. The molecule has 0 saturated heterocycles. The summed E-state index contributed by atoms with van der Waals surface area (Å²) in [5, 5.41) is 0.879. The molecule has 0 aromatic carbocycles. The van der Waals surface area contributed by atoms with Crippen molar-refractivity contribution in [3.05, 3.63) is 27.6 Å². The maximum absolute atomic E-state index is 12.3. The Labute approximate surface area is 120 Å². The summed E-state index contributed by atoms with van der Waals surface area (Å²) < 4.78 is 27.3. The molecule has 0 fully saturated rings. The third kappa shape index (κ3) is 2.81. The predicted octanol–water partition coefficient (Wildman–Crippen LogP) is 1.66. The number of halogens is 1. The molecule has 0 amide bonds. The van der Waals surface area contributed by atoms with Gasteiger partial charge < -0.3 is 4.57 Å². The number of aromatic nitrogens is 3. The van der Waals surface area contributed by atoms with Gasteiger partial charge in [0.15, 0.2) is 0 Å². The van der Waals surface area contributed by atoms with Crippen LogP contribution in [-0.2, 0) is 23.6 Å². The first-order valence-electron chi connectivity index (χ1n) is 5.37. The van der Waals surface area contributed by atoms with E-state index in [2.05, 4.69) is 9.97 Å². The van der Waals surface area contributed by atoms with E-state index in [1.165, 1.54) is 33.6 Å². The van der Waals surface area contributed by atoms with Crippen LogP contribution in [0.3, 0.4) is 0 Å². The van der Waals surface area contributed by atoms with Gasteiger partial charge in [-0.1, -0.05) is 11.6 Å². The zero-order valence-electron chi connectivity index (χ0n) is 10.7. The lowest BCUT2D eigenvalue weighted by atomic mass is 10.5. The number of aryl methyl sites for hydroxylation is 2. The van der Waals surface area contributed by atoms with Gasteiger partial charge in [0, 0.05) is 31.7 Å². The van der Waals surface area contributed by atoms with Gasteiger partial charge in [-0.15, -0.1) is 11.3 Å². The van der Waals surface area contributed by atoms with Gasteiger partial charge >= 0.3 is 0 Å². The van der Waals surface area contributed by atoms with Crippen LogP contribution in [0.5, 0.6) is 0 Å². The molecular weight excluding hydrogens is 308 g/mol.